The Morgan fingerprint density at radius 3 is 2.76 bits per heavy atom. The fourth-order valence-corrected chi connectivity index (χ4v) is 3.62. The minimum absolute atomic E-state index is 0.144. The van der Waals surface area contributed by atoms with Crippen molar-refractivity contribution < 1.29 is 9.32 Å². The summed E-state index contributed by atoms with van der Waals surface area (Å²) in [7, 11) is 0. The molecule has 138 valence electrons. The molecular formula is C18H29N5O2. The van der Waals surface area contributed by atoms with Gasteiger partial charge in [0.05, 0.1) is 0 Å². The number of amides is 2. The number of hydrogen-bond donors (Lipinski definition) is 2. The Balaban J connectivity index is 1.26. The van der Waals surface area contributed by atoms with E-state index in [0.717, 1.165) is 37.8 Å². The molecule has 2 heterocycles. The highest BCUT2D eigenvalue weighted by atomic mass is 16.5. The van der Waals surface area contributed by atoms with Gasteiger partial charge in [0.25, 0.3) is 0 Å². The summed E-state index contributed by atoms with van der Waals surface area (Å²) in [5.74, 6) is 2.52. The van der Waals surface area contributed by atoms with Gasteiger partial charge in [-0.05, 0) is 50.5 Å². The molecule has 1 aliphatic heterocycles. The number of carbonyl (C=O) groups is 1. The summed E-state index contributed by atoms with van der Waals surface area (Å²) in [5.41, 5.74) is 0. The SMILES string of the molecule is CC(C)[C@@H](NC(=O)NC[C@@H]1CCN(C2CC2)C1)c1nc(C2CC2)no1. The van der Waals surface area contributed by atoms with E-state index in [1.54, 1.807) is 0 Å². The minimum Gasteiger partial charge on any atom is -0.338 e. The third kappa shape index (κ3) is 4.14. The predicted octanol–water partition coefficient (Wildman–Crippen LogP) is 2.43. The van der Waals surface area contributed by atoms with Gasteiger partial charge in [0.1, 0.15) is 6.04 Å². The molecule has 2 atom stereocenters. The zero-order chi connectivity index (χ0) is 17.4. The van der Waals surface area contributed by atoms with Gasteiger partial charge < -0.3 is 20.1 Å². The van der Waals surface area contributed by atoms with Gasteiger partial charge in [0, 0.05) is 25.0 Å². The lowest BCUT2D eigenvalue weighted by molar-refractivity contribution is 0.222. The van der Waals surface area contributed by atoms with Crippen LogP contribution in [0.1, 0.15) is 69.6 Å². The average Bonchev–Trinajstić information content (AvgIpc) is 3.52. The van der Waals surface area contributed by atoms with E-state index in [4.69, 9.17) is 4.52 Å². The second-order valence-corrected chi connectivity index (χ2v) is 8.22. The predicted molar refractivity (Wildman–Crippen MR) is 93.1 cm³/mol. The first-order valence-corrected chi connectivity index (χ1v) is 9.72. The number of nitrogens with one attached hydrogen (secondary N) is 2. The standard InChI is InChI=1S/C18H29N5O2/c1-11(2)15(17-21-16(22-25-17)13-3-4-13)20-18(24)19-9-12-7-8-23(10-12)14-5-6-14/h11-15H,3-10H2,1-2H3,(H2,19,20,24)/t12-,15+/m0/s1. The third-order valence-electron chi connectivity index (χ3n) is 5.55. The van der Waals surface area contributed by atoms with Gasteiger partial charge in [-0.2, -0.15) is 4.98 Å². The summed E-state index contributed by atoms with van der Waals surface area (Å²) in [6.07, 6.45) is 6.16. The molecule has 25 heavy (non-hydrogen) atoms. The number of aromatic nitrogens is 2. The van der Waals surface area contributed by atoms with Crippen molar-refractivity contribution in [3.8, 4) is 0 Å². The van der Waals surface area contributed by atoms with Crippen LogP contribution < -0.4 is 10.6 Å². The van der Waals surface area contributed by atoms with Gasteiger partial charge in [-0.25, -0.2) is 4.79 Å². The number of hydrogen-bond acceptors (Lipinski definition) is 5. The Kier molecular flexibility index (Phi) is 4.67. The number of rotatable bonds is 7. The van der Waals surface area contributed by atoms with Crippen molar-refractivity contribution in [3.63, 3.8) is 0 Å². The number of nitrogens with zero attached hydrogens (tertiary/aromatic N) is 3. The number of likely N-dealkylation sites (tertiary alicyclic amines) is 1. The van der Waals surface area contributed by atoms with E-state index >= 15 is 0 Å². The molecule has 2 amide bonds. The topological polar surface area (TPSA) is 83.3 Å². The molecule has 3 aliphatic rings. The molecule has 7 nitrogen and oxygen atoms in total. The molecular weight excluding hydrogens is 318 g/mol. The lowest BCUT2D eigenvalue weighted by atomic mass is 10.0. The van der Waals surface area contributed by atoms with Crippen molar-refractivity contribution in [2.45, 2.75) is 64.0 Å². The van der Waals surface area contributed by atoms with Gasteiger partial charge in [-0.3, -0.25) is 0 Å². The van der Waals surface area contributed by atoms with Crippen LogP contribution in [0.2, 0.25) is 0 Å². The maximum absolute atomic E-state index is 12.3. The minimum atomic E-state index is -0.244. The molecule has 7 heteroatoms. The molecule has 1 saturated heterocycles. The number of urea groups is 1. The van der Waals surface area contributed by atoms with Crippen molar-refractivity contribution >= 4 is 6.03 Å². The quantitative estimate of drug-likeness (QED) is 0.791. The normalized spacial score (nSPS) is 25.3. The van der Waals surface area contributed by atoms with Gasteiger partial charge in [0.15, 0.2) is 5.82 Å². The Bertz CT molecular complexity index is 608. The second-order valence-electron chi connectivity index (χ2n) is 8.22. The first-order valence-electron chi connectivity index (χ1n) is 9.72. The van der Waals surface area contributed by atoms with Gasteiger partial charge in [0.2, 0.25) is 5.89 Å². The van der Waals surface area contributed by atoms with E-state index in [0.29, 0.717) is 17.7 Å². The van der Waals surface area contributed by atoms with Gasteiger partial charge in [-0.1, -0.05) is 19.0 Å². The Morgan fingerprint density at radius 2 is 2.08 bits per heavy atom. The summed E-state index contributed by atoms with van der Waals surface area (Å²) in [4.78, 5) is 19.4. The summed E-state index contributed by atoms with van der Waals surface area (Å²) < 4.78 is 5.41. The van der Waals surface area contributed by atoms with Crippen LogP contribution in [0.3, 0.4) is 0 Å². The molecule has 2 N–H and O–H groups in total. The first-order chi connectivity index (χ1) is 12.1. The van der Waals surface area contributed by atoms with Crippen molar-refractivity contribution in [1.29, 1.82) is 0 Å². The van der Waals surface area contributed by atoms with E-state index in [9.17, 15) is 4.79 Å². The van der Waals surface area contributed by atoms with Crippen molar-refractivity contribution in [1.82, 2.24) is 25.7 Å². The summed E-state index contributed by atoms with van der Waals surface area (Å²) >= 11 is 0. The molecule has 4 rings (SSSR count). The van der Waals surface area contributed by atoms with Crippen LogP contribution in [0.5, 0.6) is 0 Å². The maximum Gasteiger partial charge on any atom is 0.315 e. The maximum atomic E-state index is 12.3. The molecule has 0 aromatic carbocycles. The van der Waals surface area contributed by atoms with Crippen LogP contribution in [0.25, 0.3) is 0 Å². The second kappa shape index (κ2) is 6.94. The largest absolute Gasteiger partial charge is 0.338 e. The molecule has 0 spiro atoms. The highest BCUT2D eigenvalue weighted by Crippen LogP contribution is 2.38. The smallest absolute Gasteiger partial charge is 0.315 e. The lowest BCUT2D eigenvalue weighted by Crippen LogP contribution is -2.42. The third-order valence-corrected chi connectivity index (χ3v) is 5.55. The van der Waals surface area contributed by atoms with E-state index in [-0.39, 0.29) is 18.0 Å². The molecule has 2 aliphatic carbocycles. The van der Waals surface area contributed by atoms with Gasteiger partial charge >= 0.3 is 6.03 Å². The molecule has 2 saturated carbocycles. The van der Waals surface area contributed by atoms with E-state index in [1.807, 2.05) is 0 Å². The molecule has 0 radical (unpaired) electrons. The van der Waals surface area contributed by atoms with E-state index in [1.165, 1.54) is 25.8 Å². The van der Waals surface area contributed by atoms with Crippen molar-refractivity contribution in [2.24, 2.45) is 11.8 Å². The van der Waals surface area contributed by atoms with Crippen LogP contribution >= 0.6 is 0 Å². The van der Waals surface area contributed by atoms with Crippen LogP contribution in [0.15, 0.2) is 4.52 Å². The summed E-state index contributed by atoms with van der Waals surface area (Å²) in [6.45, 7) is 7.13. The molecule has 3 fully saturated rings. The van der Waals surface area contributed by atoms with Crippen molar-refractivity contribution in [2.75, 3.05) is 19.6 Å². The molecule has 0 bridgehead atoms. The first kappa shape index (κ1) is 16.8. The molecule has 1 aromatic heterocycles. The summed E-state index contributed by atoms with van der Waals surface area (Å²) in [6, 6.07) is 0.434. The fraction of sp³-hybridized carbons (Fsp3) is 0.833. The van der Waals surface area contributed by atoms with Crippen LogP contribution in [0, 0.1) is 11.8 Å². The van der Waals surface area contributed by atoms with E-state index in [2.05, 4.69) is 39.5 Å². The monoisotopic (exact) mass is 347 g/mol. The highest BCUT2D eigenvalue weighted by molar-refractivity contribution is 5.74. The zero-order valence-corrected chi connectivity index (χ0v) is 15.2. The van der Waals surface area contributed by atoms with Crippen molar-refractivity contribution in [3.05, 3.63) is 11.7 Å². The zero-order valence-electron chi connectivity index (χ0n) is 15.2. The number of carbonyl (C=O) groups excluding carboxylic acids is 1. The fourth-order valence-electron chi connectivity index (χ4n) is 3.62. The highest BCUT2D eigenvalue weighted by Gasteiger charge is 2.35. The lowest BCUT2D eigenvalue weighted by Gasteiger charge is -2.20. The molecule has 1 aromatic rings. The van der Waals surface area contributed by atoms with Crippen LogP contribution in [-0.4, -0.2) is 46.7 Å². The molecule has 0 unspecified atom stereocenters. The van der Waals surface area contributed by atoms with Crippen LogP contribution in [0.4, 0.5) is 4.79 Å². The summed E-state index contributed by atoms with van der Waals surface area (Å²) in [5, 5.41) is 10.1. The Morgan fingerprint density at radius 1 is 1.28 bits per heavy atom. The Labute approximate surface area is 148 Å². The average molecular weight is 347 g/mol. The van der Waals surface area contributed by atoms with Gasteiger partial charge in [-0.15, -0.1) is 0 Å². The van der Waals surface area contributed by atoms with Crippen LogP contribution in [-0.2, 0) is 0 Å². The van der Waals surface area contributed by atoms with E-state index < -0.39 is 0 Å². The Hall–Kier alpha value is -1.63.